The first kappa shape index (κ1) is 44.6. The van der Waals surface area contributed by atoms with Crippen molar-refractivity contribution in [2.45, 2.75) is 38.5 Å². The zero-order chi connectivity index (χ0) is 51.0. The van der Waals surface area contributed by atoms with E-state index in [4.69, 9.17) is 4.74 Å². The topological polar surface area (TPSA) is 22.3 Å². The molecule has 15 rings (SSSR count). The molecule has 10 aromatic carbocycles. The summed E-state index contributed by atoms with van der Waals surface area (Å²) in [5.41, 5.74) is 23.1. The molecule has 76 heavy (non-hydrogen) atoms. The summed E-state index contributed by atoms with van der Waals surface area (Å²) in [4.78, 5) is 3.57. The Labute approximate surface area is 447 Å². The first-order valence-corrected chi connectivity index (χ1v) is 27.2. The smallest absolute Gasteiger partial charge is 0.120 e. The molecule has 0 spiro atoms. The van der Waals surface area contributed by atoms with E-state index in [1.807, 2.05) is 6.07 Å². The number of hydrogen-bond acceptors (Lipinski definition) is 3. The molecule has 5 heteroatoms. The van der Waals surface area contributed by atoms with Crippen molar-refractivity contribution in [2.75, 3.05) is 12.0 Å². The van der Waals surface area contributed by atoms with Crippen LogP contribution in [0, 0.1) is 0 Å². The standard InChI is InChI=1S/C71H53N3OS/c1-70(2)59-26-13-9-22-51(59)53-36-34-48(41-61(53)70)73-63-28-15-11-24-55(63)58-43-57(44-30-32-46(33-31-44)72(47-20-17-21-50(40-47)75-5)66-39-38-65(76-66)45-18-7-6-8-19-45)67-56-25-12-16-29-64(56)74(69(67)68(58)73)49-35-37-54-52-23-10-14-27-60(52)71(3,4)62(54)42-49/h6-43H,1-5H3. The van der Waals surface area contributed by atoms with E-state index in [9.17, 15) is 0 Å². The van der Waals surface area contributed by atoms with Crippen LogP contribution in [0.15, 0.2) is 231 Å². The van der Waals surface area contributed by atoms with Crippen LogP contribution in [0.25, 0.3) is 98.8 Å². The third kappa shape index (κ3) is 6.42. The minimum absolute atomic E-state index is 0.158. The van der Waals surface area contributed by atoms with E-state index < -0.39 is 0 Å². The van der Waals surface area contributed by atoms with Gasteiger partial charge in [-0.05, 0) is 140 Å². The first-order valence-electron chi connectivity index (χ1n) is 26.4. The number of fused-ring (bicyclic) bond motifs is 13. The third-order valence-electron chi connectivity index (χ3n) is 16.8. The zero-order valence-electron chi connectivity index (χ0n) is 43.1. The molecule has 0 N–H and O–H groups in total. The van der Waals surface area contributed by atoms with Crippen LogP contribution in [0.2, 0.25) is 0 Å². The molecule has 0 atom stereocenters. The van der Waals surface area contributed by atoms with Crippen molar-refractivity contribution in [3.8, 4) is 60.9 Å². The summed E-state index contributed by atoms with van der Waals surface area (Å²) in [6, 6.07) is 85.6. The third-order valence-corrected chi connectivity index (χ3v) is 18.0. The Kier molecular flexibility index (Phi) is 9.71. The second-order valence-electron chi connectivity index (χ2n) is 21.6. The lowest BCUT2D eigenvalue weighted by Gasteiger charge is -2.24. The lowest BCUT2D eigenvalue weighted by molar-refractivity contribution is 0.415. The van der Waals surface area contributed by atoms with Gasteiger partial charge in [0.15, 0.2) is 0 Å². The molecular weight excluding hydrogens is 943 g/mol. The Morgan fingerprint density at radius 2 is 0.961 bits per heavy atom. The highest BCUT2D eigenvalue weighted by Gasteiger charge is 2.37. The summed E-state index contributed by atoms with van der Waals surface area (Å²) in [6.45, 7) is 9.53. The van der Waals surface area contributed by atoms with E-state index in [1.54, 1.807) is 18.4 Å². The van der Waals surface area contributed by atoms with E-state index in [0.717, 1.165) is 39.1 Å². The summed E-state index contributed by atoms with van der Waals surface area (Å²) in [7, 11) is 1.73. The quantitative estimate of drug-likeness (QED) is 0.151. The van der Waals surface area contributed by atoms with E-state index in [2.05, 4.69) is 266 Å². The number of methoxy groups -OCH3 is 1. The average molecular weight is 996 g/mol. The monoisotopic (exact) mass is 995 g/mol. The fraction of sp³-hybridized carbons (Fsp3) is 0.0986. The number of nitrogens with zero attached hydrogens (tertiary/aromatic N) is 3. The molecular formula is C71H53N3OS. The molecule has 13 aromatic rings. The van der Waals surface area contributed by atoms with Crippen LogP contribution in [0.3, 0.4) is 0 Å². The Hall–Kier alpha value is -8.90. The first-order chi connectivity index (χ1) is 37.2. The number of ether oxygens (including phenoxy) is 1. The minimum Gasteiger partial charge on any atom is -0.497 e. The van der Waals surface area contributed by atoms with E-state index in [1.165, 1.54) is 104 Å². The molecule has 2 aliphatic rings. The molecule has 0 aliphatic heterocycles. The molecule has 3 heterocycles. The number of rotatable bonds is 8. The van der Waals surface area contributed by atoms with Crippen LogP contribution in [0.1, 0.15) is 49.9 Å². The van der Waals surface area contributed by atoms with Crippen molar-refractivity contribution in [2.24, 2.45) is 0 Å². The zero-order valence-corrected chi connectivity index (χ0v) is 43.9. The predicted molar refractivity (Wildman–Crippen MR) is 320 cm³/mol. The number of benzene rings is 10. The van der Waals surface area contributed by atoms with Gasteiger partial charge in [-0.15, -0.1) is 11.3 Å². The summed E-state index contributed by atoms with van der Waals surface area (Å²) in [6.07, 6.45) is 0. The van der Waals surface area contributed by atoms with Crippen molar-refractivity contribution in [3.05, 3.63) is 253 Å². The average Bonchev–Trinajstić information content (AvgIpc) is 4.27. The van der Waals surface area contributed by atoms with Crippen molar-refractivity contribution in [1.82, 2.24) is 9.13 Å². The Morgan fingerprint density at radius 3 is 1.62 bits per heavy atom. The molecule has 0 bridgehead atoms. The maximum atomic E-state index is 5.80. The predicted octanol–water partition coefficient (Wildman–Crippen LogP) is 19.4. The SMILES string of the molecule is COc1cccc(N(c2ccc(-c3cc4c5ccccc5n(-c5ccc6c(c5)C(C)(C)c5ccccc5-6)c4c4c3c3ccccc3n4-c3ccc4c(c3)C(C)(C)c3ccccc3-4)cc2)c2ccc(-c3ccccc3)s2)c1. The molecule has 364 valence electrons. The van der Waals surface area contributed by atoms with Crippen molar-refractivity contribution < 1.29 is 4.74 Å². The molecule has 0 fully saturated rings. The largest absolute Gasteiger partial charge is 0.497 e. The Balaban J connectivity index is 1.00. The highest BCUT2D eigenvalue weighted by molar-refractivity contribution is 7.19. The lowest BCUT2D eigenvalue weighted by atomic mass is 9.82. The van der Waals surface area contributed by atoms with E-state index in [0.29, 0.717) is 0 Å². The van der Waals surface area contributed by atoms with Gasteiger partial charge in [0, 0.05) is 60.4 Å². The van der Waals surface area contributed by atoms with Gasteiger partial charge in [0.25, 0.3) is 0 Å². The Bertz CT molecular complexity index is 4510. The molecule has 0 amide bonds. The van der Waals surface area contributed by atoms with Gasteiger partial charge < -0.3 is 18.8 Å². The van der Waals surface area contributed by atoms with Gasteiger partial charge in [-0.3, -0.25) is 0 Å². The molecule has 4 nitrogen and oxygen atoms in total. The maximum Gasteiger partial charge on any atom is 0.120 e. The number of aromatic nitrogens is 2. The fourth-order valence-corrected chi connectivity index (χ4v) is 14.2. The highest BCUT2D eigenvalue weighted by atomic mass is 32.1. The van der Waals surface area contributed by atoms with Crippen molar-refractivity contribution >= 4 is 71.3 Å². The molecule has 0 saturated heterocycles. The second-order valence-corrected chi connectivity index (χ2v) is 22.7. The number of para-hydroxylation sites is 2. The van der Waals surface area contributed by atoms with Gasteiger partial charge in [-0.2, -0.15) is 0 Å². The van der Waals surface area contributed by atoms with Crippen molar-refractivity contribution in [1.29, 1.82) is 0 Å². The van der Waals surface area contributed by atoms with Crippen LogP contribution in [0.5, 0.6) is 5.75 Å². The number of hydrogen-bond donors (Lipinski definition) is 0. The van der Waals surface area contributed by atoms with E-state index >= 15 is 0 Å². The summed E-state index contributed by atoms with van der Waals surface area (Å²) < 4.78 is 10.9. The number of anilines is 3. The summed E-state index contributed by atoms with van der Waals surface area (Å²) in [5.74, 6) is 0.815. The molecule has 0 radical (unpaired) electrons. The van der Waals surface area contributed by atoms with E-state index in [-0.39, 0.29) is 10.8 Å². The van der Waals surface area contributed by atoms with Crippen molar-refractivity contribution in [3.63, 3.8) is 0 Å². The Morgan fingerprint density at radius 1 is 0.395 bits per heavy atom. The maximum absolute atomic E-state index is 5.80. The molecule has 0 saturated carbocycles. The van der Waals surface area contributed by atoms with Gasteiger partial charge in [-0.1, -0.05) is 173 Å². The summed E-state index contributed by atoms with van der Waals surface area (Å²) >= 11 is 1.79. The van der Waals surface area contributed by atoms with Crippen LogP contribution in [-0.2, 0) is 10.8 Å². The highest BCUT2D eigenvalue weighted by Crippen LogP contribution is 2.53. The van der Waals surface area contributed by atoms with Gasteiger partial charge in [0.1, 0.15) is 10.8 Å². The molecule has 0 unspecified atom stereocenters. The van der Waals surface area contributed by atoms with Crippen LogP contribution < -0.4 is 9.64 Å². The lowest BCUT2D eigenvalue weighted by Crippen LogP contribution is -2.15. The summed E-state index contributed by atoms with van der Waals surface area (Å²) in [5, 5.41) is 6.01. The number of thiophene rings is 1. The van der Waals surface area contributed by atoms with Gasteiger partial charge in [0.05, 0.1) is 34.9 Å². The van der Waals surface area contributed by atoms with Gasteiger partial charge in [-0.25, -0.2) is 0 Å². The fourth-order valence-electron chi connectivity index (χ4n) is 13.2. The normalized spacial score (nSPS) is 13.8. The molecule has 3 aromatic heterocycles. The van der Waals surface area contributed by atoms with Gasteiger partial charge in [0.2, 0.25) is 0 Å². The van der Waals surface area contributed by atoms with Crippen LogP contribution >= 0.6 is 11.3 Å². The molecule has 2 aliphatic carbocycles. The minimum atomic E-state index is -0.169. The van der Waals surface area contributed by atoms with Crippen LogP contribution in [-0.4, -0.2) is 16.2 Å². The van der Waals surface area contributed by atoms with Gasteiger partial charge >= 0.3 is 0 Å². The van der Waals surface area contributed by atoms with Crippen LogP contribution in [0.4, 0.5) is 16.4 Å². The second kappa shape index (κ2) is 16.6.